The average molecular weight is 303 g/mol. The highest BCUT2D eigenvalue weighted by atomic mass is 16.4. The third-order valence-electron chi connectivity index (χ3n) is 4.55. The molecular formula is C18H25NO3. The first-order valence-electron chi connectivity index (χ1n) is 7.96. The molecule has 1 aromatic rings. The minimum absolute atomic E-state index is 0.0296. The molecule has 22 heavy (non-hydrogen) atoms. The molecule has 0 spiro atoms. The smallest absolute Gasteiger partial charge is 0.306 e. The second kappa shape index (κ2) is 6.95. The summed E-state index contributed by atoms with van der Waals surface area (Å²) in [5.41, 5.74) is 0.880. The van der Waals surface area contributed by atoms with Gasteiger partial charge in [0.2, 0.25) is 5.91 Å². The Hall–Kier alpha value is -1.84. The van der Waals surface area contributed by atoms with E-state index in [0.29, 0.717) is 12.8 Å². The van der Waals surface area contributed by atoms with Gasteiger partial charge < -0.3 is 10.4 Å². The second-order valence-corrected chi connectivity index (χ2v) is 6.90. The summed E-state index contributed by atoms with van der Waals surface area (Å²) in [6, 6.07) is 10.3. The summed E-state index contributed by atoms with van der Waals surface area (Å²) in [5, 5.41) is 11.8. The van der Waals surface area contributed by atoms with E-state index in [1.165, 1.54) is 5.56 Å². The predicted octanol–water partition coefficient (Wildman–Crippen LogP) is 3.01. The van der Waals surface area contributed by atoms with E-state index in [0.717, 1.165) is 19.3 Å². The van der Waals surface area contributed by atoms with E-state index in [1.54, 1.807) is 0 Å². The highest BCUT2D eigenvalue weighted by Gasteiger charge is 2.37. The van der Waals surface area contributed by atoms with Crippen molar-refractivity contribution in [1.82, 2.24) is 5.32 Å². The zero-order chi connectivity index (χ0) is 16.2. The predicted molar refractivity (Wildman–Crippen MR) is 85.5 cm³/mol. The Labute approximate surface area is 131 Å². The number of nitrogens with one attached hydrogen (secondary N) is 1. The molecule has 1 aromatic carbocycles. The van der Waals surface area contributed by atoms with Gasteiger partial charge in [-0.3, -0.25) is 9.59 Å². The van der Waals surface area contributed by atoms with Crippen LogP contribution in [0.15, 0.2) is 30.3 Å². The molecule has 0 radical (unpaired) electrons. The van der Waals surface area contributed by atoms with E-state index in [2.05, 4.69) is 17.4 Å². The Balaban J connectivity index is 1.73. The quantitative estimate of drug-likeness (QED) is 0.813. The second-order valence-electron chi connectivity index (χ2n) is 6.90. The van der Waals surface area contributed by atoms with Crippen molar-refractivity contribution in [3.8, 4) is 0 Å². The molecule has 1 fully saturated rings. The lowest BCUT2D eigenvalue weighted by Gasteiger charge is -2.35. The summed E-state index contributed by atoms with van der Waals surface area (Å²) in [5.74, 6) is -1.01. The molecule has 0 aliphatic heterocycles. The SMILES string of the molecule is CC(C)(CCCc1ccccc1)C(=O)NC1CC(C(=O)O)C1. The zero-order valence-corrected chi connectivity index (χ0v) is 13.3. The molecule has 0 unspecified atom stereocenters. The highest BCUT2D eigenvalue weighted by molar-refractivity contribution is 5.82. The van der Waals surface area contributed by atoms with Gasteiger partial charge in [-0.25, -0.2) is 0 Å². The van der Waals surface area contributed by atoms with Crippen molar-refractivity contribution in [3.05, 3.63) is 35.9 Å². The first-order chi connectivity index (χ1) is 10.4. The van der Waals surface area contributed by atoms with Crippen LogP contribution in [0.5, 0.6) is 0 Å². The monoisotopic (exact) mass is 303 g/mol. The maximum absolute atomic E-state index is 12.3. The van der Waals surface area contributed by atoms with Crippen molar-refractivity contribution in [2.75, 3.05) is 0 Å². The minimum Gasteiger partial charge on any atom is -0.481 e. The molecule has 2 rings (SSSR count). The van der Waals surface area contributed by atoms with E-state index in [4.69, 9.17) is 5.11 Å². The normalized spacial score (nSPS) is 21.0. The molecule has 0 aromatic heterocycles. The average Bonchev–Trinajstić information content (AvgIpc) is 2.42. The van der Waals surface area contributed by atoms with Gasteiger partial charge in [0.25, 0.3) is 0 Å². The molecule has 2 N–H and O–H groups in total. The molecule has 4 nitrogen and oxygen atoms in total. The number of aryl methyl sites for hydroxylation is 1. The number of carboxylic acids is 1. The molecule has 4 heteroatoms. The van der Waals surface area contributed by atoms with E-state index in [1.807, 2.05) is 32.0 Å². The van der Waals surface area contributed by atoms with Gasteiger partial charge in [-0.05, 0) is 37.7 Å². The molecule has 0 saturated heterocycles. The third-order valence-corrected chi connectivity index (χ3v) is 4.55. The molecule has 0 bridgehead atoms. The van der Waals surface area contributed by atoms with Crippen LogP contribution < -0.4 is 5.32 Å². The molecule has 1 aliphatic carbocycles. The van der Waals surface area contributed by atoms with Crippen LogP contribution in [0.3, 0.4) is 0 Å². The van der Waals surface area contributed by atoms with Crippen LogP contribution in [0.25, 0.3) is 0 Å². The first kappa shape index (κ1) is 16.5. The van der Waals surface area contributed by atoms with Gasteiger partial charge in [0.05, 0.1) is 5.92 Å². The zero-order valence-electron chi connectivity index (χ0n) is 13.3. The van der Waals surface area contributed by atoms with E-state index in [9.17, 15) is 9.59 Å². The van der Waals surface area contributed by atoms with Crippen LogP contribution in [0.1, 0.15) is 45.1 Å². The van der Waals surface area contributed by atoms with Crippen LogP contribution in [0.4, 0.5) is 0 Å². The Morgan fingerprint density at radius 1 is 1.23 bits per heavy atom. The molecular weight excluding hydrogens is 278 g/mol. The van der Waals surface area contributed by atoms with Crippen LogP contribution in [0, 0.1) is 11.3 Å². The van der Waals surface area contributed by atoms with Gasteiger partial charge >= 0.3 is 5.97 Å². The number of carbonyl (C=O) groups is 2. The molecule has 1 aliphatic rings. The molecule has 0 atom stereocenters. The van der Waals surface area contributed by atoms with Gasteiger partial charge in [-0.15, -0.1) is 0 Å². The van der Waals surface area contributed by atoms with Crippen LogP contribution in [0.2, 0.25) is 0 Å². The Kier molecular flexibility index (Phi) is 5.22. The fraction of sp³-hybridized carbons (Fsp3) is 0.556. The fourth-order valence-electron chi connectivity index (χ4n) is 2.81. The van der Waals surface area contributed by atoms with Crippen molar-refractivity contribution < 1.29 is 14.7 Å². The Morgan fingerprint density at radius 3 is 2.45 bits per heavy atom. The van der Waals surface area contributed by atoms with Crippen molar-refractivity contribution in [3.63, 3.8) is 0 Å². The standard InChI is InChI=1S/C18H25NO3/c1-18(2,10-6-9-13-7-4-3-5-8-13)17(22)19-15-11-14(12-15)16(20)21/h3-5,7-8,14-15H,6,9-12H2,1-2H3,(H,19,22)(H,20,21). The molecule has 1 amide bonds. The number of carbonyl (C=O) groups excluding carboxylic acids is 1. The summed E-state index contributed by atoms with van der Waals surface area (Å²) in [7, 11) is 0. The fourth-order valence-corrected chi connectivity index (χ4v) is 2.81. The van der Waals surface area contributed by atoms with Crippen molar-refractivity contribution in [2.45, 2.75) is 52.0 Å². The largest absolute Gasteiger partial charge is 0.481 e. The number of amides is 1. The van der Waals surface area contributed by atoms with Gasteiger partial charge in [-0.2, -0.15) is 0 Å². The lowest BCUT2D eigenvalue weighted by atomic mass is 9.79. The minimum atomic E-state index is -0.757. The summed E-state index contributed by atoms with van der Waals surface area (Å²) in [6.07, 6.45) is 3.88. The maximum Gasteiger partial charge on any atom is 0.306 e. The van der Waals surface area contributed by atoms with E-state index < -0.39 is 11.4 Å². The number of hydrogen-bond donors (Lipinski definition) is 2. The van der Waals surface area contributed by atoms with Gasteiger partial charge in [0.1, 0.15) is 0 Å². The Bertz CT molecular complexity index is 518. The van der Waals surface area contributed by atoms with Crippen LogP contribution in [-0.2, 0) is 16.0 Å². The van der Waals surface area contributed by atoms with Crippen molar-refractivity contribution >= 4 is 11.9 Å². The Morgan fingerprint density at radius 2 is 1.86 bits per heavy atom. The highest BCUT2D eigenvalue weighted by Crippen LogP contribution is 2.30. The van der Waals surface area contributed by atoms with E-state index in [-0.39, 0.29) is 17.9 Å². The third kappa shape index (κ3) is 4.33. The lowest BCUT2D eigenvalue weighted by Crippen LogP contribution is -2.50. The lowest BCUT2D eigenvalue weighted by molar-refractivity contribution is -0.146. The van der Waals surface area contributed by atoms with Gasteiger partial charge in [0.15, 0.2) is 0 Å². The van der Waals surface area contributed by atoms with E-state index >= 15 is 0 Å². The van der Waals surface area contributed by atoms with Crippen molar-refractivity contribution in [1.29, 1.82) is 0 Å². The number of rotatable bonds is 7. The molecule has 120 valence electrons. The maximum atomic E-state index is 12.3. The molecule has 0 heterocycles. The summed E-state index contributed by atoms with van der Waals surface area (Å²) >= 11 is 0. The number of benzene rings is 1. The number of hydrogen-bond acceptors (Lipinski definition) is 2. The van der Waals surface area contributed by atoms with Crippen molar-refractivity contribution in [2.24, 2.45) is 11.3 Å². The molecule has 1 saturated carbocycles. The van der Waals surface area contributed by atoms with Gasteiger partial charge in [0, 0.05) is 11.5 Å². The van der Waals surface area contributed by atoms with Crippen LogP contribution in [-0.4, -0.2) is 23.0 Å². The number of aliphatic carboxylic acids is 1. The first-order valence-corrected chi connectivity index (χ1v) is 7.96. The summed E-state index contributed by atoms with van der Waals surface area (Å²) < 4.78 is 0. The summed E-state index contributed by atoms with van der Waals surface area (Å²) in [6.45, 7) is 3.92. The topological polar surface area (TPSA) is 66.4 Å². The van der Waals surface area contributed by atoms with Gasteiger partial charge in [-0.1, -0.05) is 44.2 Å². The number of carboxylic acid groups (broad SMARTS) is 1. The summed E-state index contributed by atoms with van der Waals surface area (Å²) in [4.78, 5) is 23.1. The van der Waals surface area contributed by atoms with Crippen LogP contribution >= 0.6 is 0 Å².